The molecule has 0 radical (unpaired) electrons. The smallest absolute Gasteiger partial charge is 0.129 e. The average molecular weight is 299 g/mol. The van der Waals surface area contributed by atoms with Gasteiger partial charge in [0.05, 0.1) is 6.10 Å². The molecule has 0 aliphatic rings. The Bertz CT molecular complexity index is 423. The fraction of sp³-hybridized carbons (Fsp3) is 0.647. The molecular weight excluding hydrogens is 272 g/mol. The van der Waals surface area contributed by atoms with Crippen molar-refractivity contribution in [2.24, 2.45) is 5.41 Å². The van der Waals surface area contributed by atoms with Gasteiger partial charge in [-0.2, -0.15) is 0 Å². The number of hydrogen-bond donors (Lipinski definition) is 1. The van der Waals surface area contributed by atoms with E-state index in [1.807, 2.05) is 0 Å². The first-order valence-corrected chi connectivity index (χ1v) is 7.50. The maximum atomic E-state index is 13.9. The fourth-order valence-corrected chi connectivity index (χ4v) is 2.68. The average Bonchev–Trinajstić information content (AvgIpc) is 2.38. The van der Waals surface area contributed by atoms with Gasteiger partial charge in [-0.05, 0) is 36.9 Å². The molecule has 0 amide bonds. The van der Waals surface area contributed by atoms with Crippen LogP contribution >= 0.6 is 0 Å². The molecule has 0 saturated carbocycles. The zero-order chi connectivity index (χ0) is 16.0. The maximum absolute atomic E-state index is 13.9. The summed E-state index contributed by atoms with van der Waals surface area (Å²) in [6.45, 7) is 9.06. The van der Waals surface area contributed by atoms with E-state index in [4.69, 9.17) is 4.74 Å². The highest BCUT2D eigenvalue weighted by atomic mass is 19.1. The van der Waals surface area contributed by atoms with E-state index in [9.17, 15) is 8.78 Å². The first kappa shape index (κ1) is 18.1. The molecule has 1 N–H and O–H groups in total. The van der Waals surface area contributed by atoms with Gasteiger partial charge >= 0.3 is 0 Å². The maximum Gasteiger partial charge on any atom is 0.129 e. The first-order chi connectivity index (χ1) is 9.81. The van der Waals surface area contributed by atoms with Crippen LogP contribution in [0, 0.1) is 17.0 Å². The van der Waals surface area contributed by atoms with Crippen LogP contribution in [0.1, 0.15) is 39.7 Å². The largest absolute Gasteiger partial charge is 0.379 e. The first-order valence-electron chi connectivity index (χ1n) is 7.50. The lowest BCUT2D eigenvalue weighted by molar-refractivity contribution is -0.0113. The molecule has 2 nitrogen and oxygen atoms in total. The van der Waals surface area contributed by atoms with Crippen molar-refractivity contribution in [2.75, 3.05) is 13.7 Å². The molecular formula is C17H27F2NO. The molecule has 1 rings (SSSR count). The van der Waals surface area contributed by atoms with E-state index in [1.165, 1.54) is 18.2 Å². The third-order valence-electron chi connectivity index (χ3n) is 3.62. The molecule has 0 fully saturated rings. The Morgan fingerprint density at radius 1 is 1.19 bits per heavy atom. The Balaban J connectivity index is 3.02. The van der Waals surface area contributed by atoms with E-state index in [0.29, 0.717) is 0 Å². The van der Waals surface area contributed by atoms with Gasteiger partial charge in [-0.3, -0.25) is 0 Å². The van der Waals surface area contributed by atoms with Gasteiger partial charge in [-0.25, -0.2) is 8.78 Å². The molecule has 0 aliphatic heterocycles. The highest BCUT2D eigenvalue weighted by Gasteiger charge is 2.33. The lowest BCUT2D eigenvalue weighted by atomic mass is 9.82. The minimum absolute atomic E-state index is 0.123. The number of nitrogens with one attached hydrogen (secondary N) is 1. The molecule has 0 spiro atoms. The van der Waals surface area contributed by atoms with E-state index in [1.54, 1.807) is 7.11 Å². The van der Waals surface area contributed by atoms with Crippen LogP contribution in [0.3, 0.4) is 0 Å². The van der Waals surface area contributed by atoms with E-state index < -0.39 is 11.6 Å². The molecule has 2 unspecified atom stereocenters. The molecule has 21 heavy (non-hydrogen) atoms. The minimum Gasteiger partial charge on any atom is -0.379 e. The van der Waals surface area contributed by atoms with Gasteiger partial charge in [-0.1, -0.05) is 33.8 Å². The summed E-state index contributed by atoms with van der Waals surface area (Å²) in [5.41, 5.74) is -0.000529. The normalized spacial score (nSPS) is 15.0. The van der Waals surface area contributed by atoms with Gasteiger partial charge in [0.15, 0.2) is 0 Å². The standard InChI is InChI=1S/C17H27F2NO/c1-6-10-20-15(16(21-5)17(2,3)4)11-12-13(18)8-7-9-14(12)19/h7-9,15-16,20H,6,10-11H2,1-5H3. The summed E-state index contributed by atoms with van der Waals surface area (Å²) in [7, 11) is 1.65. The highest BCUT2D eigenvalue weighted by Crippen LogP contribution is 2.27. The van der Waals surface area contributed by atoms with Crippen LogP contribution in [-0.2, 0) is 11.2 Å². The summed E-state index contributed by atoms with van der Waals surface area (Å²) in [6.07, 6.45) is 1.09. The second-order valence-electron chi connectivity index (χ2n) is 6.49. The summed E-state index contributed by atoms with van der Waals surface area (Å²) < 4.78 is 33.4. The molecule has 0 saturated heterocycles. The van der Waals surface area contributed by atoms with Crippen molar-refractivity contribution in [2.45, 2.75) is 52.7 Å². The van der Waals surface area contributed by atoms with Crippen molar-refractivity contribution in [1.29, 1.82) is 0 Å². The van der Waals surface area contributed by atoms with Gasteiger partial charge in [0.25, 0.3) is 0 Å². The third kappa shape index (κ3) is 5.04. The molecule has 0 aliphatic carbocycles. The van der Waals surface area contributed by atoms with E-state index in [2.05, 4.69) is 33.0 Å². The zero-order valence-electron chi connectivity index (χ0n) is 13.7. The van der Waals surface area contributed by atoms with Crippen LogP contribution in [-0.4, -0.2) is 25.8 Å². The predicted octanol–water partition coefficient (Wildman–Crippen LogP) is 3.94. The van der Waals surface area contributed by atoms with Crippen LogP contribution in [0.15, 0.2) is 18.2 Å². The van der Waals surface area contributed by atoms with E-state index in [0.717, 1.165) is 13.0 Å². The number of hydrogen-bond acceptors (Lipinski definition) is 2. The SMILES string of the molecule is CCCNC(Cc1c(F)cccc1F)C(OC)C(C)(C)C. The van der Waals surface area contributed by atoms with Crippen LogP contribution in [0.4, 0.5) is 8.78 Å². The van der Waals surface area contributed by atoms with Crippen molar-refractivity contribution in [3.63, 3.8) is 0 Å². The van der Waals surface area contributed by atoms with Crippen molar-refractivity contribution in [3.8, 4) is 0 Å². The van der Waals surface area contributed by atoms with Crippen molar-refractivity contribution in [1.82, 2.24) is 5.32 Å². The topological polar surface area (TPSA) is 21.3 Å². The van der Waals surface area contributed by atoms with Crippen molar-refractivity contribution in [3.05, 3.63) is 35.4 Å². The molecule has 1 aromatic rings. The van der Waals surface area contributed by atoms with E-state index in [-0.39, 0.29) is 29.5 Å². The molecule has 0 aromatic heterocycles. The predicted molar refractivity (Wildman–Crippen MR) is 82.4 cm³/mol. The second kappa shape index (κ2) is 7.85. The molecule has 2 atom stereocenters. The summed E-state index contributed by atoms with van der Waals surface area (Å²) in [4.78, 5) is 0. The van der Waals surface area contributed by atoms with Gasteiger partial charge in [0, 0.05) is 18.7 Å². The number of ether oxygens (including phenoxy) is 1. The monoisotopic (exact) mass is 299 g/mol. The van der Waals surface area contributed by atoms with E-state index >= 15 is 0 Å². The summed E-state index contributed by atoms with van der Waals surface area (Å²) in [5, 5.41) is 3.37. The molecule has 1 aromatic carbocycles. The van der Waals surface area contributed by atoms with Crippen LogP contribution < -0.4 is 5.32 Å². The van der Waals surface area contributed by atoms with Crippen LogP contribution in [0.2, 0.25) is 0 Å². The van der Waals surface area contributed by atoms with Crippen LogP contribution in [0.5, 0.6) is 0 Å². The zero-order valence-corrected chi connectivity index (χ0v) is 13.7. The van der Waals surface area contributed by atoms with Gasteiger partial charge in [0.1, 0.15) is 11.6 Å². The van der Waals surface area contributed by atoms with Crippen molar-refractivity contribution < 1.29 is 13.5 Å². The number of rotatable bonds is 7. The molecule has 4 heteroatoms. The number of methoxy groups -OCH3 is 1. The Hall–Kier alpha value is -1.00. The van der Waals surface area contributed by atoms with Gasteiger partial charge in [-0.15, -0.1) is 0 Å². The van der Waals surface area contributed by atoms with Gasteiger partial charge in [0.2, 0.25) is 0 Å². The molecule has 0 heterocycles. The lowest BCUT2D eigenvalue weighted by Gasteiger charge is -2.36. The molecule has 0 bridgehead atoms. The Kier molecular flexibility index (Phi) is 6.75. The Morgan fingerprint density at radius 3 is 2.19 bits per heavy atom. The van der Waals surface area contributed by atoms with Crippen LogP contribution in [0.25, 0.3) is 0 Å². The highest BCUT2D eigenvalue weighted by molar-refractivity contribution is 5.21. The second-order valence-corrected chi connectivity index (χ2v) is 6.49. The Morgan fingerprint density at radius 2 is 1.76 bits per heavy atom. The summed E-state index contributed by atoms with van der Waals surface area (Å²) in [6, 6.07) is 3.85. The quantitative estimate of drug-likeness (QED) is 0.823. The minimum atomic E-state index is -0.498. The summed E-state index contributed by atoms with van der Waals surface area (Å²) in [5.74, 6) is -0.996. The fourth-order valence-electron chi connectivity index (χ4n) is 2.68. The Labute approximate surface area is 126 Å². The van der Waals surface area contributed by atoms with Crippen molar-refractivity contribution >= 4 is 0 Å². The third-order valence-corrected chi connectivity index (χ3v) is 3.62. The molecule has 120 valence electrons. The number of benzene rings is 1. The number of halogens is 2. The van der Waals surface area contributed by atoms with Gasteiger partial charge < -0.3 is 10.1 Å². The summed E-state index contributed by atoms with van der Waals surface area (Å²) >= 11 is 0. The lowest BCUT2D eigenvalue weighted by Crippen LogP contribution is -2.49.